The average Bonchev–Trinajstić information content (AvgIpc) is 2.57. The van der Waals surface area contributed by atoms with E-state index in [4.69, 9.17) is 27.9 Å². The summed E-state index contributed by atoms with van der Waals surface area (Å²) in [6, 6.07) is 2.90. The van der Waals surface area contributed by atoms with Crippen molar-refractivity contribution in [2.45, 2.75) is 38.2 Å². The van der Waals surface area contributed by atoms with Crippen molar-refractivity contribution >= 4 is 39.3 Å². The van der Waals surface area contributed by atoms with Gasteiger partial charge in [0.15, 0.2) is 0 Å². The lowest BCUT2D eigenvalue weighted by Crippen LogP contribution is -2.51. The summed E-state index contributed by atoms with van der Waals surface area (Å²) in [5, 5.41) is 0.515. The number of carbonyl (C=O) groups excluding carboxylic acids is 1. The molecular weight excluding hydrogens is 425 g/mol. The van der Waals surface area contributed by atoms with E-state index in [1.165, 1.54) is 12.1 Å². The SMILES string of the molecule is Cc1cc(S(=O)(=O)NCCN2CCN(C(=O)OC(C)(C)C)CC2)c(Cl)cc1Cl. The summed E-state index contributed by atoms with van der Waals surface area (Å²) in [6.45, 7) is 10.4. The number of nitrogens with zero attached hydrogens (tertiary/aromatic N) is 2. The van der Waals surface area contributed by atoms with E-state index < -0.39 is 15.6 Å². The number of piperazine rings is 1. The van der Waals surface area contributed by atoms with Gasteiger partial charge in [0.05, 0.1) is 5.02 Å². The maximum atomic E-state index is 12.5. The van der Waals surface area contributed by atoms with Crippen molar-refractivity contribution in [3.05, 3.63) is 27.7 Å². The van der Waals surface area contributed by atoms with Crippen LogP contribution in [0.4, 0.5) is 4.79 Å². The second kappa shape index (κ2) is 9.17. The lowest BCUT2D eigenvalue weighted by Gasteiger charge is -2.35. The van der Waals surface area contributed by atoms with Gasteiger partial charge in [-0.15, -0.1) is 0 Å². The molecule has 1 saturated heterocycles. The van der Waals surface area contributed by atoms with E-state index in [-0.39, 0.29) is 22.6 Å². The van der Waals surface area contributed by atoms with Crippen molar-refractivity contribution in [1.29, 1.82) is 0 Å². The van der Waals surface area contributed by atoms with E-state index in [1.807, 2.05) is 20.8 Å². The molecule has 0 radical (unpaired) electrons. The lowest BCUT2D eigenvalue weighted by atomic mass is 10.2. The number of aryl methyl sites for hydroxylation is 1. The highest BCUT2D eigenvalue weighted by molar-refractivity contribution is 7.89. The maximum absolute atomic E-state index is 12.5. The van der Waals surface area contributed by atoms with Crippen LogP contribution in [0.25, 0.3) is 0 Å². The van der Waals surface area contributed by atoms with E-state index in [0.717, 1.165) is 0 Å². The lowest BCUT2D eigenvalue weighted by molar-refractivity contribution is 0.0147. The second-order valence-corrected chi connectivity index (χ2v) is 10.3. The summed E-state index contributed by atoms with van der Waals surface area (Å²) in [4.78, 5) is 15.9. The molecule has 1 heterocycles. The number of amides is 1. The van der Waals surface area contributed by atoms with Crippen LogP contribution in [0.3, 0.4) is 0 Å². The minimum absolute atomic E-state index is 0.0193. The molecule has 1 fully saturated rings. The maximum Gasteiger partial charge on any atom is 0.410 e. The van der Waals surface area contributed by atoms with Crippen LogP contribution >= 0.6 is 23.2 Å². The van der Waals surface area contributed by atoms with E-state index in [2.05, 4.69) is 9.62 Å². The standard InChI is InChI=1S/C18H27Cl2N3O4S/c1-13-11-16(15(20)12-14(13)19)28(25,26)21-5-6-22-7-9-23(10-8-22)17(24)27-18(2,3)4/h11-12,21H,5-10H2,1-4H3. The zero-order valence-corrected chi connectivity index (χ0v) is 18.9. The Labute approximate surface area is 177 Å². The Morgan fingerprint density at radius 1 is 1.14 bits per heavy atom. The molecule has 10 heteroatoms. The molecule has 1 aromatic carbocycles. The Kier molecular flexibility index (Phi) is 7.61. The topological polar surface area (TPSA) is 79.0 Å². The number of ether oxygens (including phenoxy) is 1. The van der Waals surface area contributed by atoms with Crippen LogP contribution in [0.2, 0.25) is 10.0 Å². The van der Waals surface area contributed by atoms with Crippen LogP contribution in [-0.4, -0.2) is 69.2 Å². The molecule has 158 valence electrons. The van der Waals surface area contributed by atoms with Crippen LogP contribution in [0.1, 0.15) is 26.3 Å². The molecule has 28 heavy (non-hydrogen) atoms. The molecule has 0 saturated carbocycles. The minimum Gasteiger partial charge on any atom is -0.444 e. The molecule has 0 unspecified atom stereocenters. The van der Waals surface area contributed by atoms with Crippen molar-refractivity contribution < 1.29 is 17.9 Å². The quantitative estimate of drug-likeness (QED) is 0.743. The molecule has 1 aliphatic rings. The number of sulfonamides is 1. The van der Waals surface area contributed by atoms with Gasteiger partial charge in [-0.1, -0.05) is 23.2 Å². The van der Waals surface area contributed by atoms with Crippen LogP contribution in [0.5, 0.6) is 0 Å². The van der Waals surface area contributed by atoms with Gasteiger partial charge in [-0.3, -0.25) is 4.90 Å². The zero-order chi connectivity index (χ0) is 21.1. The van der Waals surface area contributed by atoms with Crippen molar-refractivity contribution in [3.63, 3.8) is 0 Å². The summed E-state index contributed by atoms with van der Waals surface area (Å²) in [7, 11) is -3.73. The molecular formula is C18H27Cl2N3O4S. The third-order valence-electron chi connectivity index (χ3n) is 4.25. The molecule has 0 aromatic heterocycles. The monoisotopic (exact) mass is 451 g/mol. The smallest absolute Gasteiger partial charge is 0.410 e. The van der Waals surface area contributed by atoms with Gasteiger partial charge in [-0.05, 0) is 45.4 Å². The largest absolute Gasteiger partial charge is 0.444 e. The molecule has 0 aliphatic carbocycles. The van der Waals surface area contributed by atoms with Crippen molar-refractivity contribution in [1.82, 2.24) is 14.5 Å². The second-order valence-electron chi connectivity index (χ2n) is 7.74. The predicted octanol–water partition coefficient (Wildman–Crippen LogP) is 3.13. The fraction of sp³-hybridized carbons (Fsp3) is 0.611. The molecule has 0 atom stereocenters. The molecule has 0 bridgehead atoms. The third kappa shape index (κ3) is 6.49. The number of hydrogen-bond acceptors (Lipinski definition) is 5. The number of carbonyl (C=O) groups is 1. The van der Waals surface area contributed by atoms with Crippen molar-refractivity contribution in [3.8, 4) is 0 Å². The van der Waals surface area contributed by atoms with Crippen molar-refractivity contribution in [2.24, 2.45) is 0 Å². The van der Waals surface area contributed by atoms with Gasteiger partial charge in [-0.25, -0.2) is 17.9 Å². The zero-order valence-electron chi connectivity index (χ0n) is 16.6. The Hall–Kier alpha value is -1.06. The fourth-order valence-corrected chi connectivity index (χ4v) is 4.58. The first-order valence-corrected chi connectivity index (χ1v) is 11.3. The molecule has 1 N–H and O–H groups in total. The van der Waals surface area contributed by atoms with Crippen LogP contribution in [-0.2, 0) is 14.8 Å². The molecule has 7 nitrogen and oxygen atoms in total. The fourth-order valence-electron chi connectivity index (χ4n) is 2.73. The molecule has 1 aliphatic heterocycles. The van der Waals surface area contributed by atoms with Gasteiger partial charge in [0.25, 0.3) is 0 Å². The van der Waals surface area contributed by atoms with Gasteiger partial charge in [0, 0.05) is 44.3 Å². The number of benzene rings is 1. The first-order valence-electron chi connectivity index (χ1n) is 9.04. The van der Waals surface area contributed by atoms with Gasteiger partial charge in [0.1, 0.15) is 10.5 Å². The normalized spacial score (nSPS) is 16.3. The number of nitrogens with one attached hydrogen (secondary N) is 1. The molecule has 2 rings (SSSR count). The van der Waals surface area contributed by atoms with E-state index in [1.54, 1.807) is 11.8 Å². The highest BCUT2D eigenvalue weighted by atomic mass is 35.5. The first kappa shape index (κ1) is 23.2. The number of rotatable bonds is 5. The Morgan fingerprint density at radius 2 is 1.75 bits per heavy atom. The summed E-state index contributed by atoms with van der Waals surface area (Å²) in [6.07, 6.45) is -0.319. The molecule has 0 spiro atoms. The third-order valence-corrected chi connectivity index (χ3v) is 6.58. The van der Waals surface area contributed by atoms with Crippen molar-refractivity contribution in [2.75, 3.05) is 39.3 Å². The van der Waals surface area contributed by atoms with Gasteiger partial charge >= 0.3 is 6.09 Å². The highest BCUT2D eigenvalue weighted by Crippen LogP contribution is 2.28. The molecule has 1 aromatic rings. The van der Waals surface area contributed by atoms with Gasteiger partial charge in [-0.2, -0.15) is 0 Å². The summed E-state index contributed by atoms with van der Waals surface area (Å²) in [5.74, 6) is 0. The Bertz CT molecular complexity index is 817. The number of halogens is 2. The molecule has 1 amide bonds. The van der Waals surface area contributed by atoms with E-state index in [9.17, 15) is 13.2 Å². The summed E-state index contributed by atoms with van der Waals surface area (Å²) < 4.78 is 33.0. The van der Waals surface area contributed by atoms with Crippen LogP contribution in [0.15, 0.2) is 17.0 Å². The first-order chi connectivity index (χ1) is 12.9. The highest BCUT2D eigenvalue weighted by Gasteiger charge is 2.26. The van der Waals surface area contributed by atoms with E-state index >= 15 is 0 Å². The minimum atomic E-state index is -3.73. The number of hydrogen-bond donors (Lipinski definition) is 1. The van der Waals surface area contributed by atoms with Gasteiger partial charge < -0.3 is 9.64 Å². The average molecular weight is 452 g/mol. The van der Waals surface area contributed by atoms with E-state index in [0.29, 0.717) is 43.3 Å². The van der Waals surface area contributed by atoms with Crippen LogP contribution < -0.4 is 4.72 Å². The Balaban J connectivity index is 1.83. The van der Waals surface area contributed by atoms with Gasteiger partial charge in [0.2, 0.25) is 10.0 Å². The van der Waals surface area contributed by atoms with Crippen LogP contribution in [0, 0.1) is 6.92 Å². The summed E-state index contributed by atoms with van der Waals surface area (Å²) in [5.41, 5.74) is 0.123. The predicted molar refractivity (Wildman–Crippen MR) is 111 cm³/mol. The Morgan fingerprint density at radius 3 is 2.32 bits per heavy atom. The summed E-state index contributed by atoms with van der Waals surface area (Å²) >= 11 is 12.0.